The highest BCUT2D eigenvalue weighted by Gasteiger charge is 2.37. The molecule has 2 aromatic heterocycles. The maximum Gasteiger partial charge on any atom is 0.274 e. The lowest BCUT2D eigenvalue weighted by atomic mass is 9.99. The van der Waals surface area contributed by atoms with Gasteiger partial charge in [-0.05, 0) is 35.9 Å². The third-order valence-corrected chi connectivity index (χ3v) is 6.45. The first-order chi connectivity index (χ1) is 15.1. The van der Waals surface area contributed by atoms with E-state index in [-0.39, 0.29) is 17.5 Å². The number of hydrogen-bond acceptors (Lipinski definition) is 5. The number of hydrogen-bond donors (Lipinski definition) is 0. The quantitative estimate of drug-likeness (QED) is 0.592. The molecule has 0 N–H and O–H groups in total. The second-order valence-corrected chi connectivity index (χ2v) is 8.71. The van der Waals surface area contributed by atoms with Gasteiger partial charge in [0.2, 0.25) is 5.91 Å². The minimum Gasteiger partial charge on any atom is -0.339 e. The predicted octanol–water partition coefficient (Wildman–Crippen LogP) is 3.82. The minimum atomic E-state index is -0.538. The number of carbonyl (C=O) groups is 2. The lowest BCUT2D eigenvalue weighted by Crippen LogP contribution is -2.59. The second kappa shape index (κ2) is 9.39. The van der Waals surface area contributed by atoms with Gasteiger partial charge in [-0.2, -0.15) is 0 Å². The first kappa shape index (κ1) is 21.2. The third kappa shape index (κ3) is 4.66. The van der Waals surface area contributed by atoms with Crippen molar-refractivity contribution in [2.75, 3.05) is 19.6 Å². The van der Waals surface area contributed by atoms with Crippen LogP contribution in [0, 0.1) is 6.92 Å². The van der Waals surface area contributed by atoms with E-state index in [1.165, 1.54) is 11.1 Å². The van der Waals surface area contributed by atoms with Crippen LogP contribution in [-0.4, -0.2) is 57.3 Å². The average molecular weight is 435 g/mol. The summed E-state index contributed by atoms with van der Waals surface area (Å²) in [5.41, 5.74) is 3.22. The molecule has 0 bridgehead atoms. The van der Waals surface area contributed by atoms with Crippen LogP contribution in [0.15, 0.2) is 54.2 Å². The van der Waals surface area contributed by atoms with Crippen LogP contribution in [0.5, 0.6) is 0 Å². The Labute approximate surface area is 186 Å². The summed E-state index contributed by atoms with van der Waals surface area (Å²) in [6, 6.07) is 11.9. The third-order valence-electron chi connectivity index (χ3n) is 5.53. The fraction of sp³-hybridized carbons (Fsp3) is 0.333. The van der Waals surface area contributed by atoms with Crippen LogP contribution < -0.4 is 0 Å². The van der Waals surface area contributed by atoms with Gasteiger partial charge in [0.1, 0.15) is 11.7 Å². The topological polar surface area (TPSA) is 66.4 Å². The van der Waals surface area contributed by atoms with Crippen molar-refractivity contribution < 1.29 is 9.59 Å². The molecule has 1 aliphatic rings. The maximum absolute atomic E-state index is 13.3. The Bertz CT molecular complexity index is 1030. The van der Waals surface area contributed by atoms with Crippen molar-refractivity contribution in [3.05, 3.63) is 71.1 Å². The number of aromatic nitrogens is 2. The fourth-order valence-electron chi connectivity index (χ4n) is 3.89. The van der Waals surface area contributed by atoms with Crippen LogP contribution in [0.3, 0.4) is 0 Å². The molecule has 3 aromatic rings. The summed E-state index contributed by atoms with van der Waals surface area (Å²) < 4.78 is 0. The van der Waals surface area contributed by atoms with Gasteiger partial charge in [-0.3, -0.25) is 14.6 Å². The first-order valence-electron chi connectivity index (χ1n) is 10.6. The van der Waals surface area contributed by atoms with Crippen molar-refractivity contribution in [2.24, 2.45) is 0 Å². The number of rotatable bonds is 6. The van der Waals surface area contributed by atoms with Gasteiger partial charge < -0.3 is 9.80 Å². The molecule has 1 fully saturated rings. The monoisotopic (exact) mass is 434 g/mol. The number of carbonyl (C=O) groups excluding carboxylic acids is 2. The number of thiophene rings is 1. The average Bonchev–Trinajstić information content (AvgIpc) is 3.32. The molecule has 7 heteroatoms. The van der Waals surface area contributed by atoms with Gasteiger partial charge in [0.25, 0.3) is 5.91 Å². The predicted molar refractivity (Wildman–Crippen MR) is 122 cm³/mol. The molecule has 160 valence electrons. The summed E-state index contributed by atoms with van der Waals surface area (Å²) in [6.07, 6.45) is 4.45. The summed E-state index contributed by atoms with van der Waals surface area (Å²) in [7, 11) is 0. The molecule has 0 radical (unpaired) electrons. The van der Waals surface area contributed by atoms with Crippen LogP contribution in [-0.2, 0) is 11.2 Å². The van der Waals surface area contributed by atoms with E-state index in [9.17, 15) is 9.59 Å². The van der Waals surface area contributed by atoms with E-state index < -0.39 is 6.04 Å². The maximum atomic E-state index is 13.3. The van der Waals surface area contributed by atoms with Crippen LogP contribution in [0.25, 0.3) is 10.4 Å². The van der Waals surface area contributed by atoms with E-state index in [0.29, 0.717) is 26.1 Å². The van der Waals surface area contributed by atoms with Crippen LogP contribution >= 0.6 is 11.3 Å². The molecular formula is C24H26N4O2S. The van der Waals surface area contributed by atoms with Crippen molar-refractivity contribution in [2.45, 2.75) is 32.7 Å². The van der Waals surface area contributed by atoms with Gasteiger partial charge in [0, 0.05) is 37.1 Å². The van der Waals surface area contributed by atoms with Crippen molar-refractivity contribution in [1.82, 2.24) is 19.8 Å². The molecule has 2 amide bonds. The van der Waals surface area contributed by atoms with Gasteiger partial charge in [0.15, 0.2) is 0 Å². The molecule has 1 aliphatic heterocycles. The Morgan fingerprint density at radius 3 is 2.58 bits per heavy atom. The molecule has 6 nitrogen and oxygen atoms in total. The lowest BCUT2D eigenvalue weighted by molar-refractivity contribution is -0.140. The summed E-state index contributed by atoms with van der Waals surface area (Å²) in [6.45, 7) is 5.64. The van der Waals surface area contributed by atoms with Gasteiger partial charge >= 0.3 is 0 Å². The zero-order valence-corrected chi connectivity index (χ0v) is 18.6. The summed E-state index contributed by atoms with van der Waals surface area (Å²) >= 11 is 1.70. The Morgan fingerprint density at radius 1 is 1.13 bits per heavy atom. The highest BCUT2D eigenvalue weighted by atomic mass is 32.1. The second-order valence-electron chi connectivity index (χ2n) is 7.76. The van der Waals surface area contributed by atoms with Crippen LogP contribution in [0.2, 0.25) is 0 Å². The lowest BCUT2D eigenvalue weighted by Gasteiger charge is -2.40. The number of amides is 2. The van der Waals surface area contributed by atoms with Crippen molar-refractivity contribution in [1.29, 1.82) is 0 Å². The van der Waals surface area contributed by atoms with E-state index in [2.05, 4.69) is 52.6 Å². The Balaban J connectivity index is 1.58. The first-order valence-corrected chi connectivity index (χ1v) is 11.5. The van der Waals surface area contributed by atoms with Crippen LogP contribution in [0.4, 0.5) is 0 Å². The van der Waals surface area contributed by atoms with Crippen molar-refractivity contribution >= 4 is 23.2 Å². The van der Waals surface area contributed by atoms with Gasteiger partial charge in [0.05, 0.1) is 11.9 Å². The Kier molecular flexibility index (Phi) is 6.42. The van der Waals surface area contributed by atoms with Crippen molar-refractivity contribution in [3.8, 4) is 10.4 Å². The minimum absolute atomic E-state index is 0.00357. The molecule has 0 spiro atoms. The van der Waals surface area contributed by atoms with Gasteiger partial charge in [-0.15, -0.1) is 11.3 Å². The SMILES string of the molecule is CCCN1CCN(C(=O)c2cnc(C)cn2)[C@H](Cc2ccc(-c3cccs3)cc2)C1=O. The number of nitrogens with zero attached hydrogens (tertiary/aromatic N) is 4. The number of piperazine rings is 1. The normalized spacial score (nSPS) is 16.6. The number of aryl methyl sites for hydroxylation is 1. The number of benzene rings is 1. The Morgan fingerprint density at radius 2 is 1.94 bits per heavy atom. The van der Waals surface area contributed by atoms with E-state index in [1.807, 2.05) is 17.9 Å². The molecule has 0 unspecified atom stereocenters. The molecule has 1 saturated heterocycles. The summed E-state index contributed by atoms with van der Waals surface area (Å²) in [4.78, 5) is 39.6. The van der Waals surface area contributed by atoms with Crippen molar-refractivity contribution in [3.63, 3.8) is 0 Å². The van der Waals surface area contributed by atoms with E-state index in [1.54, 1.807) is 22.4 Å². The van der Waals surface area contributed by atoms with E-state index >= 15 is 0 Å². The zero-order valence-electron chi connectivity index (χ0n) is 17.8. The molecule has 4 rings (SSSR count). The van der Waals surface area contributed by atoms with Crippen LogP contribution in [0.1, 0.15) is 35.1 Å². The van der Waals surface area contributed by atoms with Gasteiger partial charge in [-0.25, -0.2) is 4.98 Å². The smallest absolute Gasteiger partial charge is 0.274 e. The standard InChI is InChI=1S/C24H26N4O2S/c1-3-10-27-11-12-28(23(29)20-16-25-17(2)15-26-20)21(24(27)30)14-18-6-8-19(9-7-18)22-5-4-13-31-22/h4-9,13,15-16,21H,3,10-12,14H2,1-2H3/t21-/m1/s1. The molecule has 1 atom stereocenters. The summed E-state index contributed by atoms with van der Waals surface area (Å²) in [5.74, 6) is -0.235. The summed E-state index contributed by atoms with van der Waals surface area (Å²) in [5, 5.41) is 2.06. The van der Waals surface area contributed by atoms with E-state index in [0.717, 1.165) is 23.2 Å². The Hall–Kier alpha value is -3.06. The molecular weight excluding hydrogens is 408 g/mol. The molecule has 0 aliphatic carbocycles. The zero-order chi connectivity index (χ0) is 21.8. The molecule has 3 heterocycles. The molecule has 0 saturated carbocycles. The van der Waals surface area contributed by atoms with E-state index in [4.69, 9.17) is 0 Å². The largest absolute Gasteiger partial charge is 0.339 e. The highest BCUT2D eigenvalue weighted by molar-refractivity contribution is 7.13. The molecule has 31 heavy (non-hydrogen) atoms. The van der Waals surface area contributed by atoms with Gasteiger partial charge in [-0.1, -0.05) is 37.3 Å². The fourth-order valence-corrected chi connectivity index (χ4v) is 4.63. The highest BCUT2D eigenvalue weighted by Crippen LogP contribution is 2.26. The molecule has 1 aromatic carbocycles.